The van der Waals surface area contributed by atoms with Crippen LogP contribution in [0.15, 0.2) is 18.2 Å². The molecule has 108 valence electrons. The molecule has 5 heteroatoms. The Hall–Kier alpha value is -1.88. The highest BCUT2D eigenvalue weighted by Crippen LogP contribution is 2.22. The van der Waals surface area contributed by atoms with Gasteiger partial charge in [-0.25, -0.2) is 4.79 Å². The van der Waals surface area contributed by atoms with Gasteiger partial charge in [0, 0.05) is 19.7 Å². The van der Waals surface area contributed by atoms with E-state index in [0.717, 1.165) is 17.5 Å². The molecular weight excluding hydrogens is 258 g/mol. The number of carboxylic acid groups (broad SMARTS) is 1. The number of carbonyl (C=O) groups is 2. The highest BCUT2D eigenvalue weighted by molar-refractivity contribution is 5.90. The largest absolute Gasteiger partial charge is 0.478 e. The lowest BCUT2D eigenvalue weighted by molar-refractivity contribution is -0.137. The highest BCUT2D eigenvalue weighted by Gasteiger charge is 2.23. The molecular formula is C15H19NO4. The van der Waals surface area contributed by atoms with Crippen molar-refractivity contribution in [3.63, 3.8) is 0 Å². The summed E-state index contributed by atoms with van der Waals surface area (Å²) in [6.07, 6.45) is 1.47. The number of hydrogen-bond acceptors (Lipinski definition) is 3. The van der Waals surface area contributed by atoms with Gasteiger partial charge in [-0.3, -0.25) is 4.79 Å². The summed E-state index contributed by atoms with van der Waals surface area (Å²) in [5.74, 6) is -0.947. The molecule has 1 aliphatic rings. The quantitative estimate of drug-likeness (QED) is 0.832. The van der Waals surface area contributed by atoms with Gasteiger partial charge in [0.05, 0.1) is 5.56 Å². The normalized spacial score (nSPS) is 13.9. The van der Waals surface area contributed by atoms with Gasteiger partial charge in [0.25, 0.3) is 0 Å². The molecule has 0 aliphatic carbocycles. The van der Waals surface area contributed by atoms with Crippen LogP contribution in [0.3, 0.4) is 0 Å². The van der Waals surface area contributed by atoms with Gasteiger partial charge in [-0.05, 0) is 30.0 Å². The SMILES string of the molecule is CCCOCC(=O)N1CCc2c(cccc2C(=O)O)C1. The number of benzene rings is 1. The monoisotopic (exact) mass is 277 g/mol. The van der Waals surface area contributed by atoms with Gasteiger partial charge in [-0.1, -0.05) is 19.1 Å². The third-order valence-electron chi connectivity index (χ3n) is 3.42. The van der Waals surface area contributed by atoms with Crippen LogP contribution in [0.5, 0.6) is 0 Å². The van der Waals surface area contributed by atoms with Gasteiger partial charge in [-0.2, -0.15) is 0 Å². The summed E-state index contributed by atoms with van der Waals surface area (Å²) in [6.45, 7) is 3.69. The molecule has 20 heavy (non-hydrogen) atoms. The first-order valence-corrected chi connectivity index (χ1v) is 6.83. The summed E-state index contributed by atoms with van der Waals surface area (Å²) in [5, 5.41) is 9.16. The van der Waals surface area contributed by atoms with Crippen LogP contribution in [0.25, 0.3) is 0 Å². The molecule has 1 N–H and O–H groups in total. The number of hydrogen-bond donors (Lipinski definition) is 1. The Bertz CT molecular complexity index is 513. The predicted octanol–water partition coefficient (Wildman–Crippen LogP) is 1.70. The summed E-state index contributed by atoms with van der Waals surface area (Å²) in [6, 6.07) is 5.22. The molecule has 0 saturated carbocycles. The maximum Gasteiger partial charge on any atom is 0.335 e. The Morgan fingerprint density at radius 3 is 2.90 bits per heavy atom. The van der Waals surface area contributed by atoms with Crippen LogP contribution in [0, 0.1) is 0 Å². The summed E-state index contributed by atoms with van der Waals surface area (Å²) < 4.78 is 5.26. The van der Waals surface area contributed by atoms with Gasteiger partial charge in [0.1, 0.15) is 6.61 Å². The zero-order chi connectivity index (χ0) is 14.5. The van der Waals surface area contributed by atoms with Gasteiger partial charge < -0.3 is 14.7 Å². The zero-order valence-electron chi connectivity index (χ0n) is 11.6. The summed E-state index contributed by atoms with van der Waals surface area (Å²) in [7, 11) is 0. The second-order valence-electron chi connectivity index (χ2n) is 4.87. The molecule has 0 radical (unpaired) electrons. The molecule has 1 amide bonds. The van der Waals surface area contributed by atoms with Gasteiger partial charge in [0.15, 0.2) is 0 Å². The lowest BCUT2D eigenvalue weighted by atomic mass is 9.94. The Kier molecular flexibility index (Phi) is 4.74. The fourth-order valence-electron chi connectivity index (χ4n) is 2.42. The van der Waals surface area contributed by atoms with Crippen molar-refractivity contribution in [2.45, 2.75) is 26.3 Å². The Morgan fingerprint density at radius 1 is 1.40 bits per heavy atom. The number of ether oxygens (including phenoxy) is 1. The molecule has 0 atom stereocenters. The van der Waals surface area contributed by atoms with Crippen LogP contribution < -0.4 is 0 Å². The summed E-state index contributed by atoms with van der Waals surface area (Å²) in [4.78, 5) is 24.9. The molecule has 0 fully saturated rings. The number of carboxylic acids is 1. The van der Waals surface area contributed by atoms with E-state index in [0.29, 0.717) is 31.7 Å². The van der Waals surface area contributed by atoms with Crippen molar-refractivity contribution >= 4 is 11.9 Å². The lowest BCUT2D eigenvalue weighted by Crippen LogP contribution is -2.38. The molecule has 1 heterocycles. The minimum atomic E-state index is -0.909. The van der Waals surface area contributed by atoms with E-state index >= 15 is 0 Å². The van der Waals surface area contributed by atoms with E-state index < -0.39 is 5.97 Å². The first-order valence-electron chi connectivity index (χ1n) is 6.83. The summed E-state index contributed by atoms with van der Waals surface area (Å²) in [5.41, 5.74) is 2.11. The van der Waals surface area contributed by atoms with Crippen molar-refractivity contribution in [2.24, 2.45) is 0 Å². The topological polar surface area (TPSA) is 66.8 Å². The fraction of sp³-hybridized carbons (Fsp3) is 0.467. The van der Waals surface area contributed by atoms with Crippen LogP contribution in [-0.2, 0) is 22.5 Å². The van der Waals surface area contributed by atoms with E-state index in [4.69, 9.17) is 9.84 Å². The van der Waals surface area contributed by atoms with Crippen molar-refractivity contribution in [1.29, 1.82) is 0 Å². The number of aromatic carboxylic acids is 1. The van der Waals surface area contributed by atoms with E-state index in [-0.39, 0.29) is 12.5 Å². The van der Waals surface area contributed by atoms with E-state index in [9.17, 15) is 9.59 Å². The number of nitrogens with zero attached hydrogens (tertiary/aromatic N) is 1. The molecule has 0 spiro atoms. The molecule has 1 aliphatic heterocycles. The average molecular weight is 277 g/mol. The van der Waals surface area contributed by atoms with Crippen LogP contribution >= 0.6 is 0 Å². The fourth-order valence-corrected chi connectivity index (χ4v) is 2.42. The summed E-state index contributed by atoms with van der Waals surface area (Å²) >= 11 is 0. The Balaban J connectivity index is 2.06. The maximum atomic E-state index is 12.0. The van der Waals surface area contributed by atoms with Crippen molar-refractivity contribution in [1.82, 2.24) is 4.90 Å². The van der Waals surface area contributed by atoms with Crippen LogP contribution in [0.4, 0.5) is 0 Å². The standard InChI is InChI=1S/C15H19NO4/c1-2-8-20-10-14(17)16-7-6-12-11(9-16)4-3-5-13(12)15(18)19/h3-5H,2,6-10H2,1H3,(H,18,19). The highest BCUT2D eigenvalue weighted by atomic mass is 16.5. The molecule has 5 nitrogen and oxygen atoms in total. The minimum Gasteiger partial charge on any atom is -0.478 e. The molecule has 0 saturated heterocycles. The molecule has 2 rings (SSSR count). The van der Waals surface area contributed by atoms with Crippen LogP contribution in [0.2, 0.25) is 0 Å². The van der Waals surface area contributed by atoms with Gasteiger partial charge >= 0.3 is 5.97 Å². The molecule has 0 aromatic heterocycles. The number of fused-ring (bicyclic) bond motifs is 1. The lowest BCUT2D eigenvalue weighted by Gasteiger charge is -2.29. The Morgan fingerprint density at radius 2 is 2.20 bits per heavy atom. The zero-order valence-corrected chi connectivity index (χ0v) is 11.6. The van der Waals surface area contributed by atoms with Crippen molar-refractivity contribution < 1.29 is 19.4 Å². The molecule has 1 aromatic rings. The molecule has 1 aromatic carbocycles. The van der Waals surface area contributed by atoms with E-state index in [1.165, 1.54) is 0 Å². The van der Waals surface area contributed by atoms with Crippen molar-refractivity contribution in [2.75, 3.05) is 19.8 Å². The second kappa shape index (κ2) is 6.52. The third kappa shape index (κ3) is 3.17. The minimum absolute atomic E-state index is 0.0372. The predicted molar refractivity (Wildman–Crippen MR) is 73.6 cm³/mol. The molecule has 0 unspecified atom stereocenters. The van der Waals surface area contributed by atoms with Crippen LogP contribution in [0.1, 0.15) is 34.8 Å². The van der Waals surface area contributed by atoms with E-state index in [1.807, 2.05) is 13.0 Å². The van der Waals surface area contributed by atoms with E-state index in [2.05, 4.69) is 0 Å². The smallest absolute Gasteiger partial charge is 0.335 e. The van der Waals surface area contributed by atoms with E-state index in [1.54, 1.807) is 17.0 Å². The Labute approximate surface area is 118 Å². The number of carbonyl (C=O) groups excluding carboxylic acids is 1. The first kappa shape index (κ1) is 14.5. The third-order valence-corrected chi connectivity index (χ3v) is 3.42. The maximum absolute atomic E-state index is 12.0. The van der Waals surface area contributed by atoms with Crippen molar-refractivity contribution in [3.8, 4) is 0 Å². The number of amides is 1. The van der Waals surface area contributed by atoms with Gasteiger partial charge in [0.2, 0.25) is 5.91 Å². The molecule has 0 bridgehead atoms. The first-order chi connectivity index (χ1) is 9.63. The average Bonchev–Trinajstić information content (AvgIpc) is 2.46. The van der Waals surface area contributed by atoms with Crippen molar-refractivity contribution in [3.05, 3.63) is 34.9 Å². The van der Waals surface area contributed by atoms with Gasteiger partial charge in [-0.15, -0.1) is 0 Å². The van der Waals surface area contributed by atoms with Crippen LogP contribution in [-0.4, -0.2) is 41.6 Å². The number of rotatable bonds is 5. The second-order valence-corrected chi connectivity index (χ2v) is 4.87.